The second kappa shape index (κ2) is 8.99. The van der Waals surface area contributed by atoms with Gasteiger partial charge >= 0.3 is 0 Å². The third-order valence-electron chi connectivity index (χ3n) is 4.23. The molecule has 0 fully saturated rings. The van der Waals surface area contributed by atoms with Crippen LogP contribution >= 0.6 is 22.9 Å². The molecule has 31 heavy (non-hydrogen) atoms. The van der Waals surface area contributed by atoms with Crippen LogP contribution in [-0.4, -0.2) is 32.8 Å². The molecule has 0 aliphatic carbocycles. The lowest BCUT2D eigenvalue weighted by atomic mass is 10.2. The van der Waals surface area contributed by atoms with Crippen LogP contribution < -0.4 is 15.8 Å². The molecule has 0 aliphatic rings. The van der Waals surface area contributed by atoms with Crippen molar-refractivity contribution in [2.75, 3.05) is 18.2 Å². The zero-order valence-electron chi connectivity index (χ0n) is 16.3. The number of carbonyl (C=O) groups excluding carboxylic acids is 1. The molecule has 0 bridgehead atoms. The fourth-order valence-corrected chi connectivity index (χ4v) is 3.67. The van der Waals surface area contributed by atoms with Crippen LogP contribution in [0.3, 0.4) is 0 Å². The van der Waals surface area contributed by atoms with E-state index in [1.54, 1.807) is 25.3 Å². The van der Waals surface area contributed by atoms with E-state index in [9.17, 15) is 4.79 Å². The number of nitrogen functional groups attached to an aromatic ring is 1. The zero-order chi connectivity index (χ0) is 21.8. The van der Waals surface area contributed by atoms with Crippen LogP contribution in [0.25, 0.3) is 22.5 Å². The topological polar surface area (TPSA) is 108 Å². The summed E-state index contributed by atoms with van der Waals surface area (Å²) in [5, 5.41) is 9.91. The second-order valence-electron chi connectivity index (χ2n) is 6.29. The molecule has 0 spiro atoms. The number of nitrogens with two attached hydrogens (primary N) is 1. The van der Waals surface area contributed by atoms with E-state index in [0.717, 1.165) is 16.8 Å². The Morgan fingerprint density at radius 2 is 1.97 bits per heavy atom. The fraction of sp³-hybridized carbons (Fsp3) is 0.0476. The Kier molecular flexibility index (Phi) is 5.96. The lowest BCUT2D eigenvalue weighted by molar-refractivity contribution is -0.111. The SMILES string of the molecule is COc1ccccc1/C=C/C(=O)Nc1nc(N)n(-c2nc(-c3ccc(Cl)cc3)cs2)n1. The molecule has 8 nitrogen and oxygen atoms in total. The zero-order valence-corrected chi connectivity index (χ0v) is 17.9. The first-order chi connectivity index (χ1) is 15.0. The highest BCUT2D eigenvalue weighted by Crippen LogP contribution is 2.26. The van der Waals surface area contributed by atoms with Crippen LogP contribution in [0.5, 0.6) is 5.75 Å². The standard InChI is InChI=1S/C21H17ClN6O2S/c1-30-17-5-3-2-4-14(17)8-11-18(29)25-20-26-19(23)28(27-20)21-24-16(12-31-21)13-6-9-15(22)10-7-13/h2-12H,1H3,(H3,23,25,26,27,29)/b11-8+. The lowest BCUT2D eigenvalue weighted by Gasteiger charge is -2.03. The first-order valence-electron chi connectivity index (χ1n) is 9.10. The molecule has 156 valence electrons. The molecule has 10 heteroatoms. The van der Waals surface area contributed by atoms with Gasteiger partial charge in [0.2, 0.25) is 11.1 Å². The van der Waals surface area contributed by atoms with Gasteiger partial charge in [-0.3, -0.25) is 10.1 Å². The number of nitrogens with one attached hydrogen (secondary N) is 1. The smallest absolute Gasteiger partial charge is 0.251 e. The van der Waals surface area contributed by atoms with Crippen molar-refractivity contribution in [2.24, 2.45) is 0 Å². The molecule has 4 rings (SSSR count). The predicted molar refractivity (Wildman–Crippen MR) is 123 cm³/mol. The van der Waals surface area contributed by atoms with Crippen molar-refractivity contribution in [1.82, 2.24) is 19.7 Å². The highest BCUT2D eigenvalue weighted by Gasteiger charge is 2.14. The van der Waals surface area contributed by atoms with Crippen LogP contribution in [0, 0.1) is 0 Å². The van der Waals surface area contributed by atoms with E-state index >= 15 is 0 Å². The van der Waals surface area contributed by atoms with E-state index < -0.39 is 5.91 Å². The van der Waals surface area contributed by atoms with E-state index in [-0.39, 0.29) is 11.9 Å². The molecule has 0 aliphatic heterocycles. The highest BCUT2D eigenvalue weighted by molar-refractivity contribution is 7.12. The van der Waals surface area contributed by atoms with Gasteiger partial charge in [0.25, 0.3) is 11.9 Å². The number of hydrogen-bond donors (Lipinski definition) is 2. The number of benzene rings is 2. The van der Waals surface area contributed by atoms with Crippen LogP contribution in [0.2, 0.25) is 5.02 Å². The van der Waals surface area contributed by atoms with Gasteiger partial charge < -0.3 is 10.5 Å². The third kappa shape index (κ3) is 4.73. The number of para-hydroxylation sites is 1. The molecular formula is C21H17ClN6O2S. The monoisotopic (exact) mass is 452 g/mol. The van der Waals surface area contributed by atoms with Crippen molar-refractivity contribution in [3.63, 3.8) is 0 Å². The van der Waals surface area contributed by atoms with Gasteiger partial charge in [-0.2, -0.15) is 9.67 Å². The number of carbonyl (C=O) groups is 1. The summed E-state index contributed by atoms with van der Waals surface area (Å²) in [6.45, 7) is 0. The minimum atomic E-state index is -0.399. The summed E-state index contributed by atoms with van der Waals surface area (Å²) in [5.74, 6) is 0.457. The van der Waals surface area contributed by atoms with Gasteiger partial charge in [0.1, 0.15) is 5.75 Å². The number of rotatable bonds is 6. The largest absolute Gasteiger partial charge is 0.496 e. The first-order valence-corrected chi connectivity index (χ1v) is 10.4. The molecule has 2 aromatic carbocycles. The summed E-state index contributed by atoms with van der Waals surface area (Å²) >= 11 is 7.29. The van der Waals surface area contributed by atoms with Gasteiger partial charge in [0.15, 0.2) is 0 Å². The Hall–Kier alpha value is -3.69. The maximum Gasteiger partial charge on any atom is 0.251 e. The molecule has 0 atom stereocenters. The number of aromatic nitrogens is 4. The average Bonchev–Trinajstić information content (AvgIpc) is 3.39. The molecule has 0 radical (unpaired) electrons. The Morgan fingerprint density at radius 3 is 2.74 bits per heavy atom. The first kappa shape index (κ1) is 20.6. The van der Waals surface area contributed by atoms with Crippen molar-refractivity contribution in [2.45, 2.75) is 0 Å². The van der Waals surface area contributed by atoms with E-state index in [0.29, 0.717) is 15.9 Å². The minimum Gasteiger partial charge on any atom is -0.496 e. The number of methoxy groups -OCH3 is 1. The average molecular weight is 453 g/mol. The molecule has 2 aromatic heterocycles. The van der Waals surface area contributed by atoms with E-state index in [4.69, 9.17) is 22.1 Å². The summed E-state index contributed by atoms with van der Waals surface area (Å²) in [5.41, 5.74) is 8.42. The Labute approximate surface area is 187 Å². The molecule has 0 saturated heterocycles. The van der Waals surface area contributed by atoms with Gasteiger partial charge in [-0.05, 0) is 24.3 Å². The number of thiazole rings is 1. The number of amides is 1. The second-order valence-corrected chi connectivity index (χ2v) is 7.57. The molecule has 3 N–H and O–H groups in total. The minimum absolute atomic E-state index is 0.0791. The van der Waals surface area contributed by atoms with Gasteiger partial charge in [-0.25, -0.2) is 4.98 Å². The van der Waals surface area contributed by atoms with E-state index in [1.807, 2.05) is 41.8 Å². The Balaban J connectivity index is 1.48. The Bertz CT molecular complexity index is 1250. The quantitative estimate of drug-likeness (QED) is 0.422. The molecule has 1 amide bonds. The number of ether oxygens (including phenoxy) is 1. The maximum absolute atomic E-state index is 12.3. The molecule has 0 saturated carbocycles. The van der Waals surface area contributed by atoms with Crippen molar-refractivity contribution in [3.8, 4) is 22.1 Å². The van der Waals surface area contributed by atoms with Gasteiger partial charge in [-0.15, -0.1) is 16.4 Å². The summed E-state index contributed by atoms with van der Waals surface area (Å²) in [6.07, 6.45) is 3.02. The summed E-state index contributed by atoms with van der Waals surface area (Å²) < 4.78 is 6.64. The summed E-state index contributed by atoms with van der Waals surface area (Å²) in [4.78, 5) is 20.9. The number of hydrogen-bond acceptors (Lipinski definition) is 7. The predicted octanol–water partition coefficient (Wildman–Crippen LogP) is 4.29. The van der Waals surface area contributed by atoms with Crippen molar-refractivity contribution < 1.29 is 9.53 Å². The van der Waals surface area contributed by atoms with Crippen LogP contribution in [0.1, 0.15) is 5.56 Å². The van der Waals surface area contributed by atoms with Gasteiger partial charge in [0, 0.05) is 27.6 Å². The number of halogens is 1. The van der Waals surface area contributed by atoms with Crippen molar-refractivity contribution in [1.29, 1.82) is 0 Å². The molecule has 0 unspecified atom stereocenters. The summed E-state index contributed by atoms with van der Waals surface area (Å²) in [7, 11) is 1.57. The molecule has 4 aromatic rings. The lowest BCUT2D eigenvalue weighted by Crippen LogP contribution is -2.09. The normalized spacial score (nSPS) is 11.0. The van der Waals surface area contributed by atoms with Crippen LogP contribution in [0.15, 0.2) is 60.0 Å². The number of anilines is 2. The fourth-order valence-electron chi connectivity index (χ4n) is 2.75. The van der Waals surface area contributed by atoms with Crippen molar-refractivity contribution >= 4 is 46.8 Å². The van der Waals surface area contributed by atoms with Crippen molar-refractivity contribution in [3.05, 3.63) is 70.6 Å². The highest BCUT2D eigenvalue weighted by atomic mass is 35.5. The maximum atomic E-state index is 12.3. The van der Waals surface area contributed by atoms with E-state index in [1.165, 1.54) is 22.1 Å². The van der Waals surface area contributed by atoms with Gasteiger partial charge in [-0.1, -0.05) is 41.9 Å². The third-order valence-corrected chi connectivity index (χ3v) is 5.30. The van der Waals surface area contributed by atoms with Gasteiger partial charge in [0.05, 0.1) is 12.8 Å². The Morgan fingerprint density at radius 1 is 1.19 bits per heavy atom. The molecule has 2 heterocycles. The molecular weight excluding hydrogens is 436 g/mol. The number of nitrogens with zero attached hydrogens (tertiary/aromatic N) is 4. The van der Waals surface area contributed by atoms with E-state index in [2.05, 4.69) is 20.4 Å². The van der Waals surface area contributed by atoms with Crippen LogP contribution in [0.4, 0.5) is 11.9 Å². The summed E-state index contributed by atoms with van der Waals surface area (Å²) in [6, 6.07) is 14.7. The van der Waals surface area contributed by atoms with Crippen LogP contribution in [-0.2, 0) is 4.79 Å².